The van der Waals surface area contributed by atoms with Crippen molar-refractivity contribution in [3.8, 4) is 11.5 Å². The lowest BCUT2D eigenvalue weighted by Gasteiger charge is -2.26. The molecule has 9 heteroatoms. The molecule has 46 heavy (non-hydrogen) atoms. The number of carbonyl (C=O) groups is 1. The highest BCUT2D eigenvalue weighted by atomic mass is 35.5. The maximum atomic E-state index is 14.4. The van der Waals surface area contributed by atoms with Crippen LogP contribution in [0.5, 0.6) is 11.5 Å². The van der Waals surface area contributed by atoms with Crippen LogP contribution in [0, 0.1) is 0 Å². The second kappa shape index (κ2) is 13.4. The number of para-hydroxylation sites is 1. The van der Waals surface area contributed by atoms with E-state index in [1.54, 1.807) is 18.4 Å². The van der Waals surface area contributed by atoms with Crippen molar-refractivity contribution in [3.63, 3.8) is 0 Å². The highest BCUT2D eigenvalue weighted by Crippen LogP contribution is 2.36. The molecule has 1 atom stereocenters. The fraction of sp³-hybridized carbons (Fsp3) is 0.216. The lowest BCUT2D eigenvalue weighted by atomic mass is 9.95. The molecule has 0 saturated carbocycles. The van der Waals surface area contributed by atoms with Gasteiger partial charge in [-0.1, -0.05) is 83.6 Å². The summed E-state index contributed by atoms with van der Waals surface area (Å²) in [4.78, 5) is 33.1. The number of ether oxygens (including phenoxy) is 3. The van der Waals surface area contributed by atoms with Crippen molar-refractivity contribution in [1.82, 2.24) is 4.57 Å². The van der Waals surface area contributed by atoms with Gasteiger partial charge >= 0.3 is 5.97 Å². The monoisotopic (exact) mass is 652 g/mol. The third-order valence-corrected chi connectivity index (χ3v) is 8.84. The Morgan fingerprint density at radius 2 is 1.74 bits per heavy atom. The Labute approximate surface area is 275 Å². The largest absolute Gasteiger partial charge is 0.491 e. The first-order valence-electron chi connectivity index (χ1n) is 15.1. The minimum absolute atomic E-state index is 0.120. The molecule has 0 spiro atoms. The summed E-state index contributed by atoms with van der Waals surface area (Å²) in [5.74, 6) is 0.699. The zero-order chi connectivity index (χ0) is 32.4. The molecular formula is C37H33ClN2O5S. The molecule has 0 radical (unpaired) electrons. The highest BCUT2D eigenvalue weighted by Gasteiger charge is 2.35. The van der Waals surface area contributed by atoms with Crippen molar-refractivity contribution >= 4 is 45.8 Å². The summed E-state index contributed by atoms with van der Waals surface area (Å²) < 4.78 is 20.0. The van der Waals surface area contributed by atoms with E-state index in [0.717, 1.165) is 21.9 Å². The smallest absolute Gasteiger partial charge is 0.338 e. The normalized spacial score (nSPS) is 14.7. The molecule has 0 N–H and O–H groups in total. The van der Waals surface area contributed by atoms with E-state index in [0.29, 0.717) is 49.3 Å². The summed E-state index contributed by atoms with van der Waals surface area (Å²) in [6.07, 6.45) is 1.74. The van der Waals surface area contributed by atoms with Crippen molar-refractivity contribution in [2.45, 2.75) is 46.4 Å². The van der Waals surface area contributed by atoms with E-state index in [1.807, 2.05) is 105 Å². The number of hydrogen-bond donors (Lipinski definition) is 0. The molecule has 5 aromatic rings. The van der Waals surface area contributed by atoms with E-state index in [1.165, 1.54) is 11.3 Å². The number of fused-ring (bicyclic) bond motifs is 2. The van der Waals surface area contributed by atoms with Crippen LogP contribution < -0.4 is 24.4 Å². The highest BCUT2D eigenvalue weighted by molar-refractivity contribution is 7.07. The third kappa shape index (κ3) is 6.23. The Balaban J connectivity index is 1.54. The SMILES string of the molecule is CCOC(=O)C1=C(C)N=c2s/c(=C\c3c(OCc4ccc(Cl)cc4)ccc4ccccc34)c(=O)n2[C@@H]1c1ccccc1OC(C)C. The molecule has 0 saturated heterocycles. The van der Waals surface area contributed by atoms with Gasteiger partial charge in [0.25, 0.3) is 5.56 Å². The van der Waals surface area contributed by atoms with Gasteiger partial charge in [-0.25, -0.2) is 9.79 Å². The Morgan fingerprint density at radius 1 is 1.00 bits per heavy atom. The molecule has 7 nitrogen and oxygen atoms in total. The van der Waals surface area contributed by atoms with Crippen LogP contribution in [0.1, 0.15) is 50.4 Å². The molecule has 0 fully saturated rings. The van der Waals surface area contributed by atoms with Crippen LogP contribution in [0.3, 0.4) is 0 Å². The third-order valence-electron chi connectivity index (χ3n) is 7.61. The second-order valence-electron chi connectivity index (χ2n) is 11.1. The lowest BCUT2D eigenvalue weighted by molar-refractivity contribution is -0.139. The van der Waals surface area contributed by atoms with E-state index < -0.39 is 12.0 Å². The number of thiazole rings is 1. The van der Waals surface area contributed by atoms with Crippen molar-refractivity contribution in [2.75, 3.05) is 6.61 Å². The number of nitrogens with zero attached hydrogens (tertiary/aromatic N) is 2. The first kappa shape index (κ1) is 31.3. The van der Waals surface area contributed by atoms with Gasteiger partial charge in [0.05, 0.1) is 28.5 Å². The quantitative estimate of drug-likeness (QED) is 0.161. The number of halogens is 1. The Morgan fingerprint density at radius 3 is 2.50 bits per heavy atom. The van der Waals surface area contributed by atoms with Gasteiger partial charge in [-0.2, -0.15) is 0 Å². The molecule has 1 aliphatic heterocycles. The maximum Gasteiger partial charge on any atom is 0.338 e. The minimum Gasteiger partial charge on any atom is -0.491 e. The molecule has 4 aromatic carbocycles. The van der Waals surface area contributed by atoms with Gasteiger partial charge in [0.2, 0.25) is 0 Å². The van der Waals surface area contributed by atoms with Gasteiger partial charge in [-0.3, -0.25) is 9.36 Å². The van der Waals surface area contributed by atoms with E-state index >= 15 is 0 Å². The first-order valence-corrected chi connectivity index (χ1v) is 16.3. The van der Waals surface area contributed by atoms with E-state index in [-0.39, 0.29) is 18.3 Å². The predicted molar refractivity (Wildman–Crippen MR) is 182 cm³/mol. The molecule has 1 aromatic heterocycles. The van der Waals surface area contributed by atoms with E-state index in [4.69, 9.17) is 30.8 Å². The number of hydrogen-bond acceptors (Lipinski definition) is 7. The summed E-state index contributed by atoms with van der Waals surface area (Å²) in [7, 11) is 0. The maximum absolute atomic E-state index is 14.4. The zero-order valence-corrected chi connectivity index (χ0v) is 27.5. The fourth-order valence-corrected chi connectivity index (χ4v) is 6.73. The van der Waals surface area contributed by atoms with Gasteiger partial charge in [0.1, 0.15) is 24.1 Å². The number of benzene rings is 4. The molecule has 0 unspecified atom stereocenters. The molecule has 2 heterocycles. The molecular weight excluding hydrogens is 620 g/mol. The molecule has 1 aliphatic rings. The van der Waals surface area contributed by atoms with Crippen LogP contribution >= 0.6 is 22.9 Å². The van der Waals surface area contributed by atoms with Crippen LogP contribution in [-0.4, -0.2) is 23.2 Å². The summed E-state index contributed by atoms with van der Waals surface area (Å²) in [5, 5.41) is 2.61. The molecule has 0 amide bonds. The summed E-state index contributed by atoms with van der Waals surface area (Å²) in [5.41, 5.74) is 2.94. The van der Waals surface area contributed by atoms with Gasteiger partial charge in [-0.15, -0.1) is 0 Å². The van der Waals surface area contributed by atoms with Crippen molar-refractivity contribution < 1.29 is 19.0 Å². The Hall–Kier alpha value is -4.66. The van der Waals surface area contributed by atoms with Gasteiger partial charge in [-0.05, 0) is 74.4 Å². The summed E-state index contributed by atoms with van der Waals surface area (Å²) in [6.45, 7) is 7.92. The number of carbonyl (C=O) groups excluding carboxylic acids is 1. The van der Waals surface area contributed by atoms with Crippen LogP contribution in [0.25, 0.3) is 16.8 Å². The average molecular weight is 653 g/mol. The standard InChI is InChI=1S/C37H33ClN2O5S/c1-5-43-36(42)33-23(4)39-37-40(34(33)28-12-8-9-13-31(28)45-22(2)3)35(41)32(46-37)20-29-27-11-7-6-10-25(27)16-19-30(29)44-21-24-14-17-26(38)18-15-24/h6-20,22,34H,5,21H2,1-4H3/b32-20-/t34-/m1/s1. The van der Waals surface area contributed by atoms with Gasteiger partial charge < -0.3 is 14.2 Å². The van der Waals surface area contributed by atoms with Crippen molar-refractivity contribution in [1.29, 1.82) is 0 Å². The lowest BCUT2D eigenvalue weighted by Crippen LogP contribution is -2.40. The molecule has 234 valence electrons. The van der Waals surface area contributed by atoms with E-state index in [9.17, 15) is 9.59 Å². The fourth-order valence-electron chi connectivity index (χ4n) is 5.58. The van der Waals surface area contributed by atoms with Crippen LogP contribution in [0.15, 0.2) is 106 Å². The summed E-state index contributed by atoms with van der Waals surface area (Å²) >= 11 is 7.35. The molecule has 6 rings (SSSR count). The second-order valence-corrected chi connectivity index (χ2v) is 12.6. The Bertz CT molecular complexity index is 2150. The summed E-state index contributed by atoms with van der Waals surface area (Å²) in [6, 6.07) is 26.1. The predicted octanol–water partition coefficient (Wildman–Crippen LogP) is 6.97. The van der Waals surface area contributed by atoms with Crippen LogP contribution in [-0.2, 0) is 16.1 Å². The number of aromatic nitrogens is 1. The van der Waals surface area contributed by atoms with Crippen molar-refractivity contribution in [3.05, 3.63) is 138 Å². The van der Waals surface area contributed by atoms with Gasteiger partial charge in [0, 0.05) is 16.1 Å². The molecule has 0 aliphatic carbocycles. The first-order chi connectivity index (χ1) is 22.2. The minimum atomic E-state index is -0.791. The van der Waals surface area contributed by atoms with E-state index in [2.05, 4.69) is 0 Å². The average Bonchev–Trinajstić information content (AvgIpc) is 3.34. The van der Waals surface area contributed by atoms with Crippen molar-refractivity contribution in [2.24, 2.45) is 4.99 Å². The van der Waals surface area contributed by atoms with Crippen LogP contribution in [0.2, 0.25) is 5.02 Å². The van der Waals surface area contributed by atoms with Crippen LogP contribution in [0.4, 0.5) is 0 Å². The number of rotatable bonds is 9. The number of allylic oxidation sites excluding steroid dienone is 1. The topological polar surface area (TPSA) is 79.1 Å². The zero-order valence-electron chi connectivity index (χ0n) is 26.0. The number of esters is 1. The molecule has 0 bridgehead atoms. The Kier molecular flexibility index (Phi) is 9.10. The van der Waals surface area contributed by atoms with Gasteiger partial charge in [0.15, 0.2) is 4.80 Å².